The number of hydroxylamine groups is 1. The lowest BCUT2D eigenvalue weighted by Gasteiger charge is -2.07. The monoisotopic (exact) mass is 278 g/mol. The number of rotatable bonds is 4. The maximum absolute atomic E-state index is 11.8. The zero-order valence-corrected chi connectivity index (χ0v) is 9.90. The number of benzene rings is 1. The number of alkyl halides is 3. The first kappa shape index (κ1) is 13.2. The molecule has 0 spiro atoms. The number of hydrogen-bond acceptors (Lipinski definition) is 2. The molecule has 0 aliphatic carbocycles. The third-order valence-corrected chi connectivity index (χ3v) is 2.73. The van der Waals surface area contributed by atoms with E-state index in [1.165, 1.54) is 0 Å². The topological polar surface area (TPSA) is 37.0 Å². The van der Waals surface area contributed by atoms with Gasteiger partial charge in [-0.05, 0) is 6.07 Å². The van der Waals surface area contributed by atoms with Gasteiger partial charge in [-0.2, -0.15) is 18.7 Å². The molecule has 7 heteroatoms. The zero-order valence-electron chi connectivity index (χ0n) is 9.14. The first-order chi connectivity index (χ1) is 8.47. The van der Waals surface area contributed by atoms with Gasteiger partial charge in [0.1, 0.15) is 0 Å². The Labute approximate surface area is 106 Å². The average molecular weight is 279 g/mol. The predicted octanol–water partition coefficient (Wildman–Crippen LogP) is 3.40. The van der Waals surface area contributed by atoms with E-state index >= 15 is 0 Å². The van der Waals surface area contributed by atoms with Crippen molar-refractivity contribution in [1.82, 2.24) is 10.5 Å². The molecule has 2 aromatic rings. The van der Waals surface area contributed by atoms with Crippen LogP contribution in [0, 0.1) is 0 Å². The van der Waals surface area contributed by atoms with Gasteiger partial charge in [0, 0.05) is 10.9 Å². The molecular formula is C11H10ClF3N2O. The molecule has 1 aromatic heterocycles. The van der Waals surface area contributed by atoms with Crippen molar-refractivity contribution in [1.29, 1.82) is 0 Å². The van der Waals surface area contributed by atoms with Crippen molar-refractivity contribution in [2.75, 3.05) is 6.61 Å². The number of para-hydroxylation sites is 1. The van der Waals surface area contributed by atoms with E-state index in [-0.39, 0.29) is 6.54 Å². The van der Waals surface area contributed by atoms with Crippen LogP contribution in [0.3, 0.4) is 0 Å². The standard InChI is InChI=1S/C11H10ClF3N2O/c12-10-7-3-1-2-4-8(7)17-9(10)5-16-18-6-11(13,14)15/h1-4,16-17H,5-6H2. The van der Waals surface area contributed by atoms with Crippen LogP contribution in [0.25, 0.3) is 10.9 Å². The van der Waals surface area contributed by atoms with Crippen LogP contribution in [0.15, 0.2) is 24.3 Å². The van der Waals surface area contributed by atoms with Gasteiger partial charge >= 0.3 is 6.18 Å². The molecule has 2 rings (SSSR count). The third-order valence-electron chi connectivity index (χ3n) is 2.30. The van der Waals surface area contributed by atoms with Crippen molar-refractivity contribution < 1.29 is 18.0 Å². The van der Waals surface area contributed by atoms with Crippen LogP contribution >= 0.6 is 11.6 Å². The minimum Gasteiger partial charge on any atom is -0.356 e. The lowest BCUT2D eigenvalue weighted by atomic mass is 10.2. The van der Waals surface area contributed by atoms with Crippen LogP contribution in [0.2, 0.25) is 5.02 Å². The molecule has 0 aliphatic heterocycles. The molecule has 0 unspecified atom stereocenters. The highest BCUT2D eigenvalue weighted by Gasteiger charge is 2.27. The van der Waals surface area contributed by atoms with Gasteiger partial charge in [0.25, 0.3) is 0 Å². The fourth-order valence-corrected chi connectivity index (χ4v) is 1.82. The molecule has 0 aliphatic rings. The van der Waals surface area contributed by atoms with E-state index in [1.807, 2.05) is 24.3 Å². The van der Waals surface area contributed by atoms with Gasteiger partial charge in [-0.25, -0.2) is 0 Å². The maximum atomic E-state index is 11.8. The molecule has 0 radical (unpaired) electrons. The largest absolute Gasteiger partial charge is 0.413 e. The third kappa shape index (κ3) is 3.16. The summed E-state index contributed by atoms with van der Waals surface area (Å²) in [4.78, 5) is 7.31. The van der Waals surface area contributed by atoms with Crippen molar-refractivity contribution >= 4 is 22.5 Å². The van der Waals surface area contributed by atoms with Crippen LogP contribution < -0.4 is 5.48 Å². The van der Waals surface area contributed by atoms with Gasteiger partial charge in [0.05, 0.1) is 17.3 Å². The van der Waals surface area contributed by atoms with Crippen LogP contribution in [0.4, 0.5) is 13.2 Å². The van der Waals surface area contributed by atoms with Crippen LogP contribution in [0.1, 0.15) is 5.69 Å². The van der Waals surface area contributed by atoms with Crippen LogP contribution in [-0.4, -0.2) is 17.8 Å². The maximum Gasteiger partial charge on any atom is 0.413 e. The van der Waals surface area contributed by atoms with Crippen LogP contribution in [0.5, 0.6) is 0 Å². The molecule has 0 amide bonds. The smallest absolute Gasteiger partial charge is 0.356 e. The summed E-state index contributed by atoms with van der Waals surface area (Å²) in [6.45, 7) is -1.27. The van der Waals surface area contributed by atoms with Crippen molar-refractivity contribution in [3.8, 4) is 0 Å². The summed E-state index contributed by atoms with van der Waals surface area (Å²) in [5.74, 6) is 0. The Morgan fingerprint density at radius 1 is 1.28 bits per heavy atom. The number of hydrogen-bond donors (Lipinski definition) is 2. The predicted molar refractivity (Wildman–Crippen MR) is 62.2 cm³/mol. The highest BCUT2D eigenvalue weighted by molar-refractivity contribution is 6.36. The quantitative estimate of drug-likeness (QED) is 0.664. The van der Waals surface area contributed by atoms with Gasteiger partial charge < -0.3 is 4.98 Å². The molecule has 0 saturated heterocycles. The molecule has 0 saturated carbocycles. The molecule has 0 atom stereocenters. The van der Waals surface area contributed by atoms with E-state index < -0.39 is 12.8 Å². The highest BCUT2D eigenvalue weighted by atomic mass is 35.5. The Morgan fingerprint density at radius 3 is 2.67 bits per heavy atom. The van der Waals surface area contributed by atoms with E-state index in [0.717, 1.165) is 10.9 Å². The van der Waals surface area contributed by atoms with E-state index in [9.17, 15) is 13.2 Å². The van der Waals surface area contributed by atoms with Crippen molar-refractivity contribution in [2.45, 2.75) is 12.7 Å². The number of aromatic nitrogens is 1. The normalized spacial score (nSPS) is 12.2. The summed E-state index contributed by atoms with van der Waals surface area (Å²) >= 11 is 6.08. The fourth-order valence-electron chi connectivity index (χ4n) is 1.54. The number of nitrogens with one attached hydrogen (secondary N) is 2. The second-order valence-corrected chi connectivity index (χ2v) is 4.07. The SMILES string of the molecule is FC(F)(F)CONCc1[nH]c2ccccc2c1Cl. The average Bonchev–Trinajstić information content (AvgIpc) is 2.62. The highest BCUT2D eigenvalue weighted by Crippen LogP contribution is 2.26. The Hall–Kier alpha value is -1.24. The Kier molecular flexibility index (Phi) is 3.79. The van der Waals surface area contributed by atoms with Gasteiger partial charge in [0.2, 0.25) is 0 Å². The van der Waals surface area contributed by atoms with Gasteiger partial charge in [-0.1, -0.05) is 29.8 Å². The lowest BCUT2D eigenvalue weighted by molar-refractivity contribution is -0.190. The summed E-state index contributed by atoms with van der Waals surface area (Å²) in [7, 11) is 0. The molecule has 3 nitrogen and oxygen atoms in total. The minimum absolute atomic E-state index is 0.0730. The number of halogens is 4. The van der Waals surface area contributed by atoms with Gasteiger partial charge in [-0.15, -0.1) is 0 Å². The first-order valence-electron chi connectivity index (χ1n) is 5.14. The molecule has 2 N–H and O–H groups in total. The Balaban J connectivity index is 1.98. The fraction of sp³-hybridized carbons (Fsp3) is 0.273. The second kappa shape index (κ2) is 5.17. The Bertz CT molecular complexity index is 539. The van der Waals surface area contributed by atoms with Crippen molar-refractivity contribution in [3.63, 3.8) is 0 Å². The van der Waals surface area contributed by atoms with Gasteiger partial charge in [-0.3, -0.25) is 4.84 Å². The molecule has 18 heavy (non-hydrogen) atoms. The summed E-state index contributed by atoms with van der Waals surface area (Å²) in [6.07, 6.45) is -4.35. The van der Waals surface area contributed by atoms with E-state index in [2.05, 4.69) is 15.3 Å². The van der Waals surface area contributed by atoms with Crippen molar-refractivity contribution in [2.24, 2.45) is 0 Å². The van der Waals surface area contributed by atoms with Crippen molar-refractivity contribution in [3.05, 3.63) is 35.0 Å². The Morgan fingerprint density at radius 2 is 2.00 bits per heavy atom. The van der Waals surface area contributed by atoms with E-state index in [4.69, 9.17) is 11.6 Å². The first-order valence-corrected chi connectivity index (χ1v) is 5.51. The summed E-state index contributed by atoms with van der Waals surface area (Å²) in [6, 6.07) is 7.33. The van der Waals surface area contributed by atoms with Crippen LogP contribution in [-0.2, 0) is 11.4 Å². The number of aromatic amines is 1. The molecule has 0 bridgehead atoms. The van der Waals surface area contributed by atoms with Gasteiger partial charge in [0.15, 0.2) is 6.61 Å². The zero-order chi connectivity index (χ0) is 13.2. The number of fused-ring (bicyclic) bond motifs is 1. The minimum atomic E-state index is -4.35. The molecular weight excluding hydrogens is 269 g/mol. The summed E-state index contributed by atoms with van der Waals surface area (Å²) in [5, 5.41) is 1.31. The molecule has 1 heterocycles. The summed E-state index contributed by atoms with van der Waals surface area (Å²) < 4.78 is 35.5. The van der Waals surface area contributed by atoms with E-state index in [1.54, 1.807) is 0 Å². The summed E-state index contributed by atoms with van der Waals surface area (Å²) in [5.41, 5.74) is 3.64. The molecule has 1 aromatic carbocycles. The molecule has 98 valence electrons. The number of H-pyrrole nitrogens is 1. The second-order valence-electron chi connectivity index (χ2n) is 3.69. The lowest BCUT2D eigenvalue weighted by Crippen LogP contribution is -2.24. The van der Waals surface area contributed by atoms with E-state index in [0.29, 0.717) is 10.7 Å². The molecule has 0 fully saturated rings.